The number of hydrogen-bond acceptors (Lipinski definition) is 11. The zero-order valence-corrected chi connectivity index (χ0v) is 41.5. The minimum Gasteiger partial charge on any atom is -0.370 e. The molecule has 18 N–H and O–H groups in total. The van der Waals surface area contributed by atoms with Crippen molar-refractivity contribution in [2.75, 3.05) is 26.2 Å². The van der Waals surface area contributed by atoms with Crippen molar-refractivity contribution in [1.82, 2.24) is 47.1 Å². The van der Waals surface area contributed by atoms with Crippen LogP contribution in [0.25, 0.3) is 10.9 Å². The van der Waals surface area contributed by atoms with Crippen LogP contribution in [0.1, 0.15) is 82.3 Å². The van der Waals surface area contributed by atoms with Crippen molar-refractivity contribution < 1.29 is 43.2 Å². The van der Waals surface area contributed by atoms with Crippen LogP contribution in [0, 0.1) is 0 Å². The number of hydrogen-bond donors (Lipinski definition) is 13. The van der Waals surface area contributed by atoms with Gasteiger partial charge >= 0.3 is 0 Å². The molecule has 0 radical (unpaired) electrons. The number of nitrogens with two attached hydrogens (primary N) is 5. The fourth-order valence-corrected chi connectivity index (χ4v) is 8.88. The number of nitrogens with zero attached hydrogens (tertiary/aromatic N) is 3. The fourth-order valence-electron chi connectivity index (χ4n) is 8.88. The number of fused-ring (bicyclic) bond motifs is 2. The number of guanidine groups is 2. The molecule has 74 heavy (non-hydrogen) atoms. The smallest absolute Gasteiger partial charge is 0.245 e. The molecule has 5 rings (SSSR count). The summed E-state index contributed by atoms with van der Waals surface area (Å²) in [7, 11) is 0. The summed E-state index contributed by atoms with van der Waals surface area (Å²) in [6.45, 7) is 1.59. The predicted molar refractivity (Wildman–Crippen MR) is 275 cm³/mol. The van der Waals surface area contributed by atoms with Gasteiger partial charge < -0.3 is 75.8 Å². The molecule has 2 unspecified atom stereocenters. The third-order valence-corrected chi connectivity index (χ3v) is 12.6. The lowest BCUT2D eigenvalue weighted by Gasteiger charge is -2.31. The van der Waals surface area contributed by atoms with Crippen molar-refractivity contribution in [2.45, 2.75) is 126 Å². The number of carbonyl (C=O) groups excluding carboxylic acids is 9. The molecule has 400 valence electrons. The largest absolute Gasteiger partial charge is 0.370 e. The molecule has 2 aliphatic heterocycles. The van der Waals surface area contributed by atoms with E-state index in [1.165, 1.54) is 11.8 Å². The summed E-state index contributed by atoms with van der Waals surface area (Å²) >= 11 is 0. The molecule has 2 aromatic carbocycles. The average molecular weight is 1030 g/mol. The molecule has 1 aromatic heterocycles. The van der Waals surface area contributed by atoms with Crippen LogP contribution in [0.5, 0.6) is 0 Å². The van der Waals surface area contributed by atoms with Crippen LogP contribution in [-0.2, 0) is 56.0 Å². The maximum absolute atomic E-state index is 14.6. The molecule has 25 heteroatoms. The van der Waals surface area contributed by atoms with E-state index in [9.17, 15) is 43.2 Å². The summed E-state index contributed by atoms with van der Waals surface area (Å²) in [5.74, 6) is -6.68. The Balaban J connectivity index is 1.51. The van der Waals surface area contributed by atoms with Gasteiger partial charge in [-0.15, -0.1) is 0 Å². The van der Waals surface area contributed by atoms with Gasteiger partial charge in [0.15, 0.2) is 11.9 Å². The van der Waals surface area contributed by atoms with Crippen molar-refractivity contribution in [3.05, 3.63) is 71.9 Å². The second kappa shape index (κ2) is 28.1. The molecule has 9 amide bonds. The van der Waals surface area contributed by atoms with Gasteiger partial charge in [-0.25, -0.2) is 0 Å². The van der Waals surface area contributed by atoms with E-state index in [2.05, 4.69) is 52.2 Å². The highest BCUT2D eigenvalue weighted by atomic mass is 16.2. The Hall–Kier alpha value is -8.25. The fraction of sp³-hybridized carbons (Fsp3) is 0.490. The molecule has 3 heterocycles. The third kappa shape index (κ3) is 17.5. The number of para-hydroxylation sites is 1. The van der Waals surface area contributed by atoms with Gasteiger partial charge in [-0.2, -0.15) is 0 Å². The van der Waals surface area contributed by atoms with E-state index < -0.39 is 95.5 Å². The Labute approximate surface area is 428 Å². The number of carbonyl (C=O) groups is 9. The maximum Gasteiger partial charge on any atom is 0.245 e. The van der Waals surface area contributed by atoms with E-state index >= 15 is 0 Å². The number of rotatable bonds is 16. The minimum atomic E-state index is -1.36. The van der Waals surface area contributed by atoms with Crippen molar-refractivity contribution >= 4 is 76.0 Å². The number of H-pyrrole nitrogens is 1. The Kier molecular flexibility index (Phi) is 21.5. The van der Waals surface area contributed by atoms with Gasteiger partial charge in [-0.05, 0) is 75.0 Å². The number of benzene rings is 2. The summed E-state index contributed by atoms with van der Waals surface area (Å²) in [5.41, 5.74) is 29.9. The molecule has 0 saturated carbocycles. The monoisotopic (exact) mass is 1030 g/mol. The molecule has 0 spiro atoms. The van der Waals surface area contributed by atoms with Crippen LogP contribution in [0.15, 0.2) is 70.8 Å². The number of aromatic amines is 1. The molecule has 0 aliphatic carbocycles. The number of amides is 9. The summed E-state index contributed by atoms with van der Waals surface area (Å²) in [6.07, 6.45) is 2.30. The summed E-state index contributed by atoms with van der Waals surface area (Å²) in [6, 6.07) is 7.30. The van der Waals surface area contributed by atoms with Gasteiger partial charge in [-0.3, -0.25) is 53.1 Å². The molecular weight excluding hydrogens is 957 g/mol. The highest BCUT2D eigenvalue weighted by molar-refractivity contribution is 5.98. The summed E-state index contributed by atoms with van der Waals surface area (Å²) in [4.78, 5) is 137. The number of aliphatic imine (C=N–C) groups is 2. The van der Waals surface area contributed by atoms with E-state index in [4.69, 9.17) is 28.7 Å². The first-order valence-corrected chi connectivity index (χ1v) is 24.7. The topological polar surface area (TPSA) is 412 Å². The lowest BCUT2D eigenvalue weighted by molar-refractivity contribution is -0.142. The van der Waals surface area contributed by atoms with Crippen LogP contribution < -0.4 is 65.9 Å². The molecule has 2 fully saturated rings. The SMILES string of the molecule is CC(=O)N[C@@H](CCCN=C(N)N)C(=O)NC1CCCNC(=O)CC[C@@H](C(N)=O)NC(=O)[C@H](Cc2c[nH]c3ccccc23)NC(=O)[C@H](CCCN=C(N)N)NC(=O)C(Cc2ccccc2)NC(=O)[C@@H]2CCCN2C1=O. The molecule has 0 bridgehead atoms. The van der Waals surface area contributed by atoms with Gasteiger partial charge in [0.25, 0.3) is 0 Å². The van der Waals surface area contributed by atoms with Crippen molar-refractivity contribution in [3.8, 4) is 0 Å². The molecule has 2 saturated heterocycles. The third-order valence-electron chi connectivity index (χ3n) is 12.6. The summed E-state index contributed by atoms with van der Waals surface area (Å²) < 4.78 is 0. The van der Waals surface area contributed by atoms with Crippen LogP contribution >= 0.6 is 0 Å². The maximum atomic E-state index is 14.6. The zero-order chi connectivity index (χ0) is 53.7. The summed E-state index contributed by atoms with van der Waals surface area (Å²) in [5, 5.41) is 19.8. The van der Waals surface area contributed by atoms with Gasteiger partial charge in [0.1, 0.15) is 42.3 Å². The lowest BCUT2D eigenvalue weighted by Crippen LogP contribution is -2.60. The van der Waals surface area contributed by atoms with Crippen LogP contribution in [0.4, 0.5) is 0 Å². The van der Waals surface area contributed by atoms with E-state index in [-0.39, 0.29) is 102 Å². The van der Waals surface area contributed by atoms with E-state index in [0.29, 0.717) is 24.0 Å². The molecular formula is C49H70N16O9. The zero-order valence-electron chi connectivity index (χ0n) is 41.5. The van der Waals surface area contributed by atoms with E-state index in [1.54, 1.807) is 36.5 Å². The highest BCUT2D eigenvalue weighted by Gasteiger charge is 2.40. The Morgan fingerprint density at radius 1 is 0.730 bits per heavy atom. The first-order valence-electron chi connectivity index (χ1n) is 24.7. The lowest BCUT2D eigenvalue weighted by atomic mass is 10.0. The quantitative estimate of drug-likeness (QED) is 0.0391. The van der Waals surface area contributed by atoms with Crippen molar-refractivity contribution in [1.29, 1.82) is 0 Å². The molecule has 3 aromatic rings. The van der Waals surface area contributed by atoms with E-state index in [0.717, 1.165) is 10.9 Å². The minimum absolute atomic E-state index is 0.00572. The van der Waals surface area contributed by atoms with Crippen LogP contribution in [0.2, 0.25) is 0 Å². The normalized spacial score (nSPS) is 22.1. The van der Waals surface area contributed by atoms with Gasteiger partial charge in [-0.1, -0.05) is 48.5 Å². The Morgan fingerprint density at radius 2 is 1.36 bits per heavy atom. The van der Waals surface area contributed by atoms with Crippen molar-refractivity contribution in [2.24, 2.45) is 38.7 Å². The first kappa shape index (κ1) is 56.7. The molecule has 7 atom stereocenters. The Morgan fingerprint density at radius 3 is 2.07 bits per heavy atom. The van der Waals surface area contributed by atoms with Gasteiger partial charge in [0.05, 0.1) is 0 Å². The molecule has 2 aliphatic rings. The Bertz CT molecular complexity index is 2530. The van der Waals surface area contributed by atoms with Gasteiger partial charge in [0, 0.05) is 69.5 Å². The van der Waals surface area contributed by atoms with Crippen molar-refractivity contribution in [3.63, 3.8) is 0 Å². The average Bonchev–Trinajstić information content (AvgIpc) is 4.02. The number of aromatic nitrogens is 1. The molecule has 25 nitrogen and oxygen atoms in total. The van der Waals surface area contributed by atoms with E-state index in [1.807, 2.05) is 24.3 Å². The second-order valence-electron chi connectivity index (χ2n) is 18.3. The van der Waals surface area contributed by atoms with Gasteiger partial charge in [0.2, 0.25) is 53.2 Å². The number of nitrogens with one attached hydrogen (secondary N) is 8. The van der Waals surface area contributed by atoms with Crippen LogP contribution in [-0.4, -0.2) is 143 Å². The van der Waals surface area contributed by atoms with Crippen LogP contribution in [0.3, 0.4) is 0 Å². The number of primary amides is 1. The highest BCUT2D eigenvalue weighted by Crippen LogP contribution is 2.22. The first-order chi connectivity index (χ1) is 35.4. The predicted octanol–water partition coefficient (Wildman–Crippen LogP) is -2.84. The second-order valence-corrected chi connectivity index (χ2v) is 18.3. The standard InChI is InChI=1S/C49H70N16O9/c1-28(66)59-34(15-7-22-56-48(51)52)42(69)62-36-17-9-21-55-40(67)20-19-33(41(50)68)60-45(72)38(26-30-27-58-32-14-6-5-13-31(30)32)63-43(70)35(16-8-23-57-49(53)54)61-44(71)37(25-29-11-3-2-4-12-29)64-46(73)39-18-10-24-65(39)47(36)74/h2-6,11-14,27,33-39,58H,7-10,15-26H2,1H3,(H2,50,68)(H,55,67)(H,59,66)(H,60,72)(H,61,71)(H,62,69)(H,63,70)(H,64,73)(H4,51,52,56)(H4,53,54,57)/t33-,34-,35-,36?,37?,38-,39-/m0/s1.